The van der Waals surface area contributed by atoms with Crippen LogP contribution in [0.1, 0.15) is 5.56 Å². The lowest BCUT2D eigenvalue weighted by Gasteiger charge is -2.10. The van der Waals surface area contributed by atoms with E-state index in [0.717, 1.165) is 6.07 Å². The quantitative estimate of drug-likeness (QED) is 0.701. The van der Waals surface area contributed by atoms with Crippen LogP contribution in [-0.2, 0) is 6.18 Å². The maximum absolute atomic E-state index is 12.1. The molecule has 0 aliphatic carbocycles. The molecule has 72 valence electrons. The minimum absolute atomic E-state index is 0.0510. The number of benzene rings is 1. The highest BCUT2D eigenvalue weighted by atomic mass is 79.9. The predicted molar refractivity (Wildman–Crippen MR) is 42.5 cm³/mol. The summed E-state index contributed by atoms with van der Waals surface area (Å²) >= 11 is 2.77. The van der Waals surface area contributed by atoms with Crippen LogP contribution in [0.25, 0.3) is 0 Å². The van der Waals surface area contributed by atoms with E-state index >= 15 is 0 Å². The molecular weight excluding hydrogens is 253 g/mol. The second kappa shape index (κ2) is 3.10. The van der Waals surface area contributed by atoms with Gasteiger partial charge in [-0.25, -0.2) is 0 Å². The third-order valence-electron chi connectivity index (χ3n) is 1.36. The van der Waals surface area contributed by atoms with Crippen LogP contribution in [0.15, 0.2) is 16.6 Å². The smallest absolute Gasteiger partial charge is 0.420 e. The van der Waals surface area contributed by atoms with Gasteiger partial charge in [0.25, 0.3) is 0 Å². The largest absolute Gasteiger partial charge is 0.504 e. The Bertz CT molecular complexity index is 335. The van der Waals surface area contributed by atoms with E-state index < -0.39 is 23.2 Å². The van der Waals surface area contributed by atoms with Crippen LogP contribution in [0.5, 0.6) is 11.5 Å². The van der Waals surface area contributed by atoms with E-state index in [2.05, 4.69) is 15.9 Å². The second-order valence-electron chi connectivity index (χ2n) is 2.32. The van der Waals surface area contributed by atoms with E-state index in [1.165, 1.54) is 0 Å². The Kier molecular flexibility index (Phi) is 2.42. The summed E-state index contributed by atoms with van der Waals surface area (Å²) in [5.41, 5.74) is -1.26. The summed E-state index contributed by atoms with van der Waals surface area (Å²) in [4.78, 5) is 0. The van der Waals surface area contributed by atoms with E-state index in [0.29, 0.717) is 6.07 Å². The summed E-state index contributed by atoms with van der Waals surface area (Å²) in [5.74, 6) is -1.96. The lowest BCUT2D eigenvalue weighted by Crippen LogP contribution is -2.05. The van der Waals surface area contributed by atoms with Crippen molar-refractivity contribution >= 4 is 15.9 Å². The lowest BCUT2D eigenvalue weighted by molar-refractivity contribution is -0.138. The topological polar surface area (TPSA) is 40.5 Å². The van der Waals surface area contributed by atoms with Crippen LogP contribution >= 0.6 is 15.9 Å². The SMILES string of the molecule is Oc1cc(Br)cc(C(F)(F)F)c1O. The molecule has 1 aromatic rings. The first-order valence-corrected chi connectivity index (χ1v) is 3.90. The van der Waals surface area contributed by atoms with Gasteiger partial charge in [-0.05, 0) is 12.1 Å². The summed E-state index contributed by atoms with van der Waals surface area (Å²) in [6.45, 7) is 0. The van der Waals surface area contributed by atoms with Crippen molar-refractivity contribution in [3.8, 4) is 11.5 Å². The van der Waals surface area contributed by atoms with Gasteiger partial charge in [0.1, 0.15) is 5.56 Å². The third kappa shape index (κ3) is 2.06. The molecule has 0 radical (unpaired) electrons. The molecule has 0 bridgehead atoms. The van der Waals surface area contributed by atoms with Crippen LogP contribution in [0.4, 0.5) is 13.2 Å². The molecule has 2 nitrogen and oxygen atoms in total. The highest BCUT2D eigenvalue weighted by Gasteiger charge is 2.35. The minimum Gasteiger partial charge on any atom is -0.504 e. The van der Waals surface area contributed by atoms with E-state index in [4.69, 9.17) is 10.2 Å². The van der Waals surface area contributed by atoms with E-state index in [1.54, 1.807) is 0 Å². The van der Waals surface area contributed by atoms with Crippen LogP contribution in [-0.4, -0.2) is 10.2 Å². The molecule has 0 amide bonds. The van der Waals surface area contributed by atoms with Crippen molar-refractivity contribution in [3.63, 3.8) is 0 Å². The van der Waals surface area contributed by atoms with Gasteiger partial charge in [-0.15, -0.1) is 0 Å². The molecule has 0 unspecified atom stereocenters. The van der Waals surface area contributed by atoms with Crippen molar-refractivity contribution in [2.75, 3.05) is 0 Å². The van der Waals surface area contributed by atoms with Gasteiger partial charge in [0, 0.05) is 4.47 Å². The van der Waals surface area contributed by atoms with Crippen molar-refractivity contribution < 1.29 is 23.4 Å². The summed E-state index contributed by atoms with van der Waals surface area (Å²) < 4.78 is 36.4. The van der Waals surface area contributed by atoms with Gasteiger partial charge in [-0.1, -0.05) is 15.9 Å². The molecule has 13 heavy (non-hydrogen) atoms. The number of phenols is 2. The molecule has 1 aromatic carbocycles. The van der Waals surface area contributed by atoms with Gasteiger partial charge >= 0.3 is 6.18 Å². The summed E-state index contributed by atoms with van der Waals surface area (Å²) in [6.07, 6.45) is -4.68. The highest BCUT2D eigenvalue weighted by molar-refractivity contribution is 9.10. The van der Waals surface area contributed by atoms with Crippen molar-refractivity contribution in [2.45, 2.75) is 6.18 Å². The molecular formula is C7H4BrF3O2. The number of aromatic hydroxyl groups is 2. The minimum atomic E-state index is -4.68. The predicted octanol–water partition coefficient (Wildman–Crippen LogP) is 2.88. The van der Waals surface area contributed by atoms with Crippen LogP contribution in [0.3, 0.4) is 0 Å². The van der Waals surface area contributed by atoms with Crippen molar-refractivity contribution in [2.24, 2.45) is 0 Å². The van der Waals surface area contributed by atoms with Crippen LogP contribution in [0, 0.1) is 0 Å². The molecule has 2 N–H and O–H groups in total. The lowest BCUT2D eigenvalue weighted by atomic mass is 10.2. The monoisotopic (exact) mass is 256 g/mol. The Morgan fingerprint density at radius 3 is 2.15 bits per heavy atom. The molecule has 6 heteroatoms. The van der Waals surface area contributed by atoms with E-state index in [1.807, 2.05) is 0 Å². The molecule has 0 aromatic heterocycles. The fourth-order valence-electron chi connectivity index (χ4n) is 0.801. The van der Waals surface area contributed by atoms with Gasteiger partial charge in [-0.2, -0.15) is 13.2 Å². The summed E-state index contributed by atoms with van der Waals surface area (Å²) in [5, 5.41) is 17.7. The average Bonchev–Trinajstić information content (AvgIpc) is 1.94. The molecule has 1 rings (SSSR count). The molecule has 0 spiro atoms. The maximum Gasteiger partial charge on any atom is 0.420 e. The zero-order chi connectivity index (χ0) is 10.2. The number of rotatable bonds is 0. The zero-order valence-electron chi connectivity index (χ0n) is 6.06. The zero-order valence-corrected chi connectivity index (χ0v) is 7.65. The Hall–Kier alpha value is -0.910. The van der Waals surface area contributed by atoms with Crippen molar-refractivity contribution in [1.82, 2.24) is 0 Å². The molecule has 0 atom stereocenters. The molecule has 0 aliphatic rings. The number of alkyl halides is 3. The second-order valence-corrected chi connectivity index (χ2v) is 3.23. The average molecular weight is 257 g/mol. The fraction of sp³-hybridized carbons (Fsp3) is 0.143. The number of halogens is 4. The third-order valence-corrected chi connectivity index (χ3v) is 1.82. The normalized spacial score (nSPS) is 11.7. The van der Waals surface area contributed by atoms with E-state index in [9.17, 15) is 13.2 Å². The van der Waals surface area contributed by atoms with Crippen LogP contribution < -0.4 is 0 Å². The molecule has 0 saturated heterocycles. The van der Waals surface area contributed by atoms with Gasteiger partial charge in [-0.3, -0.25) is 0 Å². The Labute approximate surface area is 79.7 Å². The van der Waals surface area contributed by atoms with Crippen LogP contribution in [0.2, 0.25) is 0 Å². The first kappa shape index (κ1) is 10.2. The first-order chi connectivity index (χ1) is 5.82. The summed E-state index contributed by atoms with van der Waals surface area (Å²) in [6, 6.07) is 1.67. The number of hydrogen-bond acceptors (Lipinski definition) is 2. The molecule has 0 heterocycles. The molecule has 0 fully saturated rings. The standard InChI is InChI=1S/C7H4BrF3O2/c8-3-1-4(7(9,10)11)6(13)5(12)2-3/h1-2,12-13H. The van der Waals surface area contributed by atoms with Gasteiger partial charge < -0.3 is 10.2 Å². The Balaban J connectivity index is 3.37. The Morgan fingerprint density at radius 1 is 1.15 bits per heavy atom. The first-order valence-electron chi connectivity index (χ1n) is 3.11. The van der Waals surface area contributed by atoms with Gasteiger partial charge in [0.05, 0.1) is 0 Å². The number of hydrogen-bond donors (Lipinski definition) is 2. The van der Waals surface area contributed by atoms with E-state index in [-0.39, 0.29) is 4.47 Å². The highest BCUT2D eigenvalue weighted by Crippen LogP contribution is 2.42. The Morgan fingerprint density at radius 2 is 1.69 bits per heavy atom. The van der Waals surface area contributed by atoms with Gasteiger partial charge in [0.2, 0.25) is 0 Å². The van der Waals surface area contributed by atoms with Crippen molar-refractivity contribution in [1.29, 1.82) is 0 Å². The maximum atomic E-state index is 12.1. The molecule has 0 saturated carbocycles. The van der Waals surface area contributed by atoms with Crippen molar-refractivity contribution in [3.05, 3.63) is 22.2 Å². The molecule has 0 aliphatic heterocycles. The summed E-state index contributed by atoms with van der Waals surface area (Å²) in [7, 11) is 0. The fourth-order valence-corrected chi connectivity index (χ4v) is 1.25. The number of phenolic OH excluding ortho intramolecular Hbond substituents is 2. The van der Waals surface area contributed by atoms with Gasteiger partial charge in [0.15, 0.2) is 11.5 Å².